The van der Waals surface area contributed by atoms with Crippen molar-refractivity contribution in [1.82, 2.24) is 4.57 Å². The van der Waals surface area contributed by atoms with Crippen LogP contribution in [-0.2, 0) is 14.3 Å². The third-order valence-electron chi connectivity index (χ3n) is 5.88. The van der Waals surface area contributed by atoms with Gasteiger partial charge in [-0.05, 0) is 89.3 Å². The summed E-state index contributed by atoms with van der Waals surface area (Å²) >= 11 is 0. The molecule has 0 aliphatic heterocycles. The van der Waals surface area contributed by atoms with Crippen molar-refractivity contribution in [3.8, 4) is 5.69 Å². The molecule has 0 aliphatic rings. The fraction of sp³-hybridized carbons (Fsp3) is 0.448. The van der Waals surface area contributed by atoms with E-state index in [-0.39, 0.29) is 11.9 Å². The molecule has 35 heavy (non-hydrogen) atoms. The second-order valence-corrected chi connectivity index (χ2v) is 10.3. The molecule has 6 heteroatoms. The van der Waals surface area contributed by atoms with Gasteiger partial charge in [0.05, 0.1) is 18.0 Å². The summed E-state index contributed by atoms with van der Waals surface area (Å²) in [4.78, 5) is 25.2. The van der Waals surface area contributed by atoms with E-state index in [1.54, 1.807) is 0 Å². The number of fused-ring (bicyclic) bond motifs is 1. The van der Waals surface area contributed by atoms with Gasteiger partial charge in [0.25, 0.3) is 0 Å². The Morgan fingerprint density at radius 1 is 1.00 bits per heavy atom. The molecule has 0 saturated carbocycles. The van der Waals surface area contributed by atoms with Gasteiger partial charge in [-0.2, -0.15) is 0 Å². The summed E-state index contributed by atoms with van der Waals surface area (Å²) in [6, 6.07) is 15.8. The molecule has 3 rings (SSSR count). The number of hydrogen-bond acceptors (Lipinski definition) is 4. The first-order chi connectivity index (χ1) is 16.5. The first kappa shape index (κ1) is 26.3. The van der Waals surface area contributed by atoms with E-state index in [4.69, 9.17) is 9.47 Å². The van der Waals surface area contributed by atoms with Crippen molar-refractivity contribution in [2.24, 2.45) is 5.92 Å². The summed E-state index contributed by atoms with van der Waals surface area (Å²) in [6.45, 7) is 14.1. The number of ether oxygens (including phenoxy) is 2. The lowest BCUT2D eigenvalue weighted by molar-refractivity contribution is -0.145. The maximum atomic E-state index is 13.1. The number of hydrogen-bond donors (Lipinski definition) is 1. The fourth-order valence-electron chi connectivity index (χ4n) is 4.40. The molecule has 1 amide bonds. The maximum Gasteiger partial charge on any atom is 0.412 e. The largest absolute Gasteiger partial charge is 0.466 e. The summed E-state index contributed by atoms with van der Waals surface area (Å²) in [5.74, 6) is -0.00160. The molecule has 0 spiro atoms. The van der Waals surface area contributed by atoms with Crippen LogP contribution in [0.2, 0.25) is 0 Å². The second kappa shape index (κ2) is 11.0. The molecule has 1 aromatic heterocycles. The Morgan fingerprint density at radius 2 is 1.66 bits per heavy atom. The highest BCUT2D eigenvalue weighted by Crippen LogP contribution is 2.37. The lowest BCUT2D eigenvalue weighted by atomic mass is 9.89. The van der Waals surface area contributed by atoms with Crippen molar-refractivity contribution in [1.29, 1.82) is 0 Å². The normalized spacial score (nSPS) is 12.6. The van der Waals surface area contributed by atoms with Crippen molar-refractivity contribution < 1.29 is 19.1 Å². The highest BCUT2D eigenvalue weighted by molar-refractivity contribution is 5.93. The number of carbonyl (C=O) groups is 2. The van der Waals surface area contributed by atoms with Crippen LogP contribution in [0.25, 0.3) is 16.6 Å². The Balaban J connectivity index is 2.02. The summed E-state index contributed by atoms with van der Waals surface area (Å²) < 4.78 is 13.0. The topological polar surface area (TPSA) is 69.6 Å². The Hall–Kier alpha value is -3.28. The van der Waals surface area contributed by atoms with Crippen molar-refractivity contribution in [2.45, 2.75) is 72.8 Å². The number of carbonyl (C=O) groups excluding carboxylic acids is 2. The molecule has 0 bridgehead atoms. The number of rotatable bonds is 8. The van der Waals surface area contributed by atoms with Crippen LogP contribution in [0.1, 0.15) is 71.6 Å². The van der Waals surface area contributed by atoms with Crippen LogP contribution in [0.15, 0.2) is 48.5 Å². The average Bonchev–Trinajstić information content (AvgIpc) is 3.05. The number of nitrogens with zero attached hydrogens (tertiary/aromatic N) is 1. The van der Waals surface area contributed by atoms with E-state index in [1.165, 1.54) is 0 Å². The van der Waals surface area contributed by atoms with Crippen LogP contribution in [0.3, 0.4) is 0 Å². The van der Waals surface area contributed by atoms with E-state index in [9.17, 15) is 9.59 Å². The molecule has 188 valence electrons. The van der Waals surface area contributed by atoms with Crippen LogP contribution in [0, 0.1) is 12.8 Å². The van der Waals surface area contributed by atoms with E-state index in [0.717, 1.165) is 40.7 Å². The third-order valence-corrected chi connectivity index (χ3v) is 5.88. The smallest absolute Gasteiger partial charge is 0.412 e. The highest BCUT2D eigenvalue weighted by Gasteiger charge is 2.29. The predicted octanol–water partition coefficient (Wildman–Crippen LogP) is 7.37. The Bertz CT molecular complexity index is 1170. The van der Waals surface area contributed by atoms with E-state index >= 15 is 0 Å². The first-order valence-corrected chi connectivity index (χ1v) is 12.4. The molecule has 0 unspecified atom stereocenters. The van der Waals surface area contributed by atoms with E-state index in [0.29, 0.717) is 18.2 Å². The van der Waals surface area contributed by atoms with Crippen molar-refractivity contribution in [2.75, 3.05) is 11.9 Å². The van der Waals surface area contributed by atoms with Gasteiger partial charge in [-0.25, -0.2) is 4.79 Å². The van der Waals surface area contributed by atoms with Gasteiger partial charge < -0.3 is 14.0 Å². The molecule has 2 aromatic carbocycles. The minimum absolute atomic E-state index is 0.170. The Kier molecular flexibility index (Phi) is 8.26. The lowest BCUT2D eigenvalue weighted by Gasteiger charge is -2.20. The maximum absolute atomic E-state index is 13.1. The van der Waals surface area contributed by atoms with Crippen molar-refractivity contribution in [3.63, 3.8) is 0 Å². The zero-order chi connectivity index (χ0) is 25.8. The molecule has 1 heterocycles. The molecule has 6 nitrogen and oxygen atoms in total. The SMILES string of the molecule is CCOC(=O)[C@H](CCC(C)C)c1c(C)n(-c2ccc(NC(=O)OC(C)(C)C)cc2)c2ccccc12. The molecule has 0 saturated heterocycles. The standard InChI is InChI=1S/C29H38N2O4/c1-8-34-27(32)24(18-13-19(2)3)26-20(4)31(25-12-10-9-11-23(25)26)22-16-14-21(15-17-22)30-28(33)35-29(5,6)7/h9-12,14-17,19,24H,8,13,18H2,1-7H3,(H,30,33)/t24-/m1/s1. The van der Waals surface area contributed by atoms with E-state index in [1.807, 2.05) is 64.1 Å². The average molecular weight is 479 g/mol. The van der Waals surface area contributed by atoms with Crippen LogP contribution in [0.5, 0.6) is 0 Å². The van der Waals surface area contributed by atoms with Gasteiger partial charge in [-0.15, -0.1) is 0 Å². The summed E-state index contributed by atoms with van der Waals surface area (Å²) in [7, 11) is 0. The number of para-hydroxylation sites is 1. The number of aromatic nitrogens is 1. The zero-order valence-electron chi connectivity index (χ0n) is 22.0. The molecule has 1 atom stereocenters. The van der Waals surface area contributed by atoms with Crippen LogP contribution in [0.4, 0.5) is 10.5 Å². The minimum atomic E-state index is -0.563. The number of anilines is 1. The molecule has 0 aliphatic carbocycles. The van der Waals surface area contributed by atoms with Crippen LogP contribution in [-0.4, -0.2) is 28.8 Å². The summed E-state index contributed by atoms with van der Waals surface area (Å²) in [5, 5.41) is 3.84. The lowest BCUT2D eigenvalue weighted by Crippen LogP contribution is -2.27. The van der Waals surface area contributed by atoms with Gasteiger partial charge in [0, 0.05) is 22.5 Å². The summed E-state index contributed by atoms with van der Waals surface area (Å²) in [6.07, 6.45) is 1.19. The second-order valence-electron chi connectivity index (χ2n) is 10.3. The number of benzene rings is 2. The predicted molar refractivity (Wildman–Crippen MR) is 141 cm³/mol. The summed E-state index contributed by atoms with van der Waals surface area (Å²) in [5.41, 5.74) is 4.11. The molecular weight excluding hydrogens is 440 g/mol. The fourth-order valence-corrected chi connectivity index (χ4v) is 4.40. The zero-order valence-corrected chi connectivity index (χ0v) is 22.0. The van der Waals surface area contributed by atoms with Crippen molar-refractivity contribution in [3.05, 3.63) is 59.8 Å². The highest BCUT2D eigenvalue weighted by atomic mass is 16.6. The van der Waals surface area contributed by atoms with Crippen molar-refractivity contribution >= 4 is 28.7 Å². The Morgan fingerprint density at radius 3 is 2.26 bits per heavy atom. The monoisotopic (exact) mass is 478 g/mol. The molecule has 0 fully saturated rings. The van der Waals surface area contributed by atoms with Crippen LogP contribution >= 0.6 is 0 Å². The molecular formula is C29H38N2O4. The molecule has 3 aromatic rings. The minimum Gasteiger partial charge on any atom is -0.466 e. The molecule has 1 N–H and O–H groups in total. The van der Waals surface area contributed by atoms with Gasteiger partial charge >= 0.3 is 12.1 Å². The van der Waals surface area contributed by atoms with Gasteiger partial charge in [-0.3, -0.25) is 10.1 Å². The van der Waals surface area contributed by atoms with Gasteiger partial charge in [0.1, 0.15) is 5.60 Å². The van der Waals surface area contributed by atoms with Crippen LogP contribution < -0.4 is 5.32 Å². The quantitative estimate of drug-likeness (QED) is 0.343. The van der Waals surface area contributed by atoms with E-state index < -0.39 is 11.7 Å². The number of nitrogens with one attached hydrogen (secondary N) is 1. The van der Waals surface area contributed by atoms with Gasteiger partial charge in [0.2, 0.25) is 0 Å². The molecule has 0 radical (unpaired) electrons. The third kappa shape index (κ3) is 6.44. The van der Waals surface area contributed by atoms with Gasteiger partial charge in [-0.1, -0.05) is 32.0 Å². The van der Waals surface area contributed by atoms with Gasteiger partial charge in [0.15, 0.2) is 0 Å². The Labute approximate surface area is 208 Å². The number of amides is 1. The number of esters is 1. The van der Waals surface area contributed by atoms with E-state index in [2.05, 4.69) is 42.8 Å². The first-order valence-electron chi connectivity index (χ1n) is 12.4.